The quantitative estimate of drug-likeness (QED) is 0.697. The number of aromatic nitrogens is 2. The number of carbonyl (C=O) groups is 1. The molecule has 6 heteroatoms. The Bertz CT molecular complexity index is 983. The Morgan fingerprint density at radius 3 is 2.57 bits per heavy atom. The van der Waals surface area contributed by atoms with Crippen molar-refractivity contribution in [2.45, 2.75) is 33.6 Å². The van der Waals surface area contributed by atoms with E-state index in [1.807, 2.05) is 24.8 Å². The van der Waals surface area contributed by atoms with E-state index in [0.717, 1.165) is 60.8 Å². The summed E-state index contributed by atoms with van der Waals surface area (Å²) in [5.41, 5.74) is 5.08. The molecule has 1 saturated heterocycles. The number of nitrogens with zero attached hydrogens (tertiary/aromatic N) is 4. The van der Waals surface area contributed by atoms with Crippen molar-refractivity contribution in [3.05, 3.63) is 53.0 Å². The van der Waals surface area contributed by atoms with Crippen LogP contribution in [0.5, 0.6) is 0 Å². The third kappa shape index (κ3) is 3.46. The summed E-state index contributed by atoms with van der Waals surface area (Å²) in [4.78, 5) is 21.8. The van der Waals surface area contributed by atoms with E-state index in [9.17, 15) is 4.79 Å². The van der Waals surface area contributed by atoms with Gasteiger partial charge in [0, 0.05) is 48.5 Å². The van der Waals surface area contributed by atoms with Gasteiger partial charge < -0.3 is 14.3 Å². The zero-order chi connectivity index (χ0) is 19.7. The molecule has 1 aliphatic heterocycles. The first-order chi connectivity index (χ1) is 13.6. The first-order valence-electron chi connectivity index (χ1n) is 9.90. The summed E-state index contributed by atoms with van der Waals surface area (Å²) in [6.45, 7) is 8.97. The minimum Gasteiger partial charge on any atom is -0.367 e. The molecule has 4 rings (SSSR count). The van der Waals surface area contributed by atoms with Gasteiger partial charge in [-0.3, -0.25) is 9.78 Å². The highest BCUT2D eigenvalue weighted by Crippen LogP contribution is 2.28. The standard InChI is InChI=1S/C22H26N4O2/c1-4-17-13-21(18-7-5-6-8-20(18)23-17)25-9-11-26(12-10-25)22(27)14-19-15(2)24-28-16(19)3/h5-8,13H,4,9-12,14H2,1-3H3. The molecule has 1 aliphatic rings. The monoisotopic (exact) mass is 378 g/mol. The number of amides is 1. The number of rotatable bonds is 4. The van der Waals surface area contributed by atoms with Crippen LogP contribution in [0.4, 0.5) is 5.69 Å². The van der Waals surface area contributed by atoms with Crippen LogP contribution < -0.4 is 4.90 Å². The van der Waals surface area contributed by atoms with E-state index >= 15 is 0 Å². The predicted molar refractivity (Wildman–Crippen MR) is 110 cm³/mol. The minimum absolute atomic E-state index is 0.142. The van der Waals surface area contributed by atoms with E-state index in [4.69, 9.17) is 9.51 Å². The number of anilines is 1. The average Bonchev–Trinajstić information content (AvgIpc) is 3.05. The molecule has 0 unspecified atom stereocenters. The molecule has 3 aromatic rings. The molecule has 1 amide bonds. The van der Waals surface area contributed by atoms with Gasteiger partial charge in [0.1, 0.15) is 5.76 Å². The second-order valence-electron chi connectivity index (χ2n) is 7.35. The first-order valence-corrected chi connectivity index (χ1v) is 9.90. The van der Waals surface area contributed by atoms with Crippen LogP contribution >= 0.6 is 0 Å². The Morgan fingerprint density at radius 1 is 1.14 bits per heavy atom. The SMILES string of the molecule is CCc1cc(N2CCN(C(=O)Cc3c(C)noc3C)CC2)c2ccccc2n1. The molecular weight excluding hydrogens is 352 g/mol. The molecule has 1 aromatic carbocycles. The molecule has 0 bridgehead atoms. The van der Waals surface area contributed by atoms with Gasteiger partial charge in [0.15, 0.2) is 0 Å². The molecule has 2 aromatic heterocycles. The Labute approximate surface area is 165 Å². The molecule has 0 aliphatic carbocycles. The maximum Gasteiger partial charge on any atom is 0.227 e. The van der Waals surface area contributed by atoms with Crippen molar-refractivity contribution >= 4 is 22.5 Å². The second-order valence-corrected chi connectivity index (χ2v) is 7.35. The van der Waals surface area contributed by atoms with Gasteiger partial charge in [-0.15, -0.1) is 0 Å². The van der Waals surface area contributed by atoms with Gasteiger partial charge in [-0.1, -0.05) is 30.3 Å². The molecule has 6 nitrogen and oxygen atoms in total. The van der Waals surface area contributed by atoms with Crippen molar-refractivity contribution in [2.24, 2.45) is 0 Å². The fourth-order valence-corrected chi connectivity index (χ4v) is 3.87. The molecule has 0 spiro atoms. The lowest BCUT2D eigenvalue weighted by Gasteiger charge is -2.36. The van der Waals surface area contributed by atoms with Gasteiger partial charge in [-0.25, -0.2) is 0 Å². The van der Waals surface area contributed by atoms with Crippen molar-refractivity contribution in [2.75, 3.05) is 31.1 Å². The molecule has 0 radical (unpaired) electrons. The number of pyridine rings is 1. The maximum atomic E-state index is 12.8. The summed E-state index contributed by atoms with van der Waals surface area (Å²) in [6, 6.07) is 10.5. The Morgan fingerprint density at radius 2 is 1.89 bits per heavy atom. The van der Waals surface area contributed by atoms with Gasteiger partial charge >= 0.3 is 0 Å². The Hall–Kier alpha value is -2.89. The van der Waals surface area contributed by atoms with E-state index < -0.39 is 0 Å². The van der Waals surface area contributed by atoms with E-state index in [1.165, 1.54) is 11.1 Å². The third-order valence-electron chi connectivity index (χ3n) is 5.59. The largest absolute Gasteiger partial charge is 0.367 e. The summed E-state index contributed by atoms with van der Waals surface area (Å²) in [5.74, 6) is 0.878. The third-order valence-corrected chi connectivity index (χ3v) is 5.59. The molecule has 146 valence electrons. The number of hydrogen-bond acceptors (Lipinski definition) is 5. The smallest absolute Gasteiger partial charge is 0.227 e. The summed E-state index contributed by atoms with van der Waals surface area (Å²) in [7, 11) is 0. The average molecular weight is 378 g/mol. The lowest BCUT2D eigenvalue weighted by Crippen LogP contribution is -2.49. The van der Waals surface area contributed by atoms with Gasteiger partial charge in [0.25, 0.3) is 0 Å². The Kier molecular flexibility index (Phi) is 5.03. The minimum atomic E-state index is 0.142. The second kappa shape index (κ2) is 7.62. The first kappa shape index (κ1) is 18.5. The van der Waals surface area contributed by atoms with Crippen LogP contribution in [-0.4, -0.2) is 47.1 Å². The lowest BCUT2D eigenvalue weighted by atomic mass is 10.1. The van der Waals surface area contributed by atoms with Crippen molar-refractivity contribution in [1.82, 2.24) is 15.0 Å². The zero-order valence-corrected chi connectivity index (χ0v) is 16.7. The number of hydrogen-bond donors (Lipinski definition) is 0. The number of fused-ring (bicyclic) bond motifs is 1. The normalized spacial score (nSPS) is 14.7. The highest BCUT2D eigenvalue weighted by molar-refractivity contribution is 5.92. The van der Waals surface area contributed by atoms with Gasteiger partial charge in [-0.2, -0.15) is 0 Å². The molecule has 0 N–H and O–H groups in total. The van der Waals surface area contributed by atoms with Gasteiger partial charge in [0.05, 0.1) is 17.6 Å². The summed E-state index contributed by atoms with van der Waals surface area (Å²) < 4.78 is 5.19. The molecule has 28 heavy (non-hydrogen) atoms. The van der Waals surface area contributed by atoms with E-state index in [2.05, 4.69) is 41.2 Å². The van der Waals surface area contributed by atoms with Gasteiger partial charge in [0.2, 0.25) is 5.91 Å². The van der Waals surface area contributed by atoms with Crippen LogP contribution in [-0.2, 0) is 17.6 Å². The maximum absolute atomic E-state index is 12.8. The highest BCUT2D eigenvalue weighted by Gasteiger charge is 2.24. The lowest BCUT2D eigenvalue weighted by molar-refractivity contribution is -0.130. The number of para-hydroxylation sites is 1. The zero-order valence-electron chi connectivity index (χ0n) is 16.7. The Balaban J connectivity index is 1.49. The van der Waals surface area contributed by atoms with Crippen LogP contribution in [0.3, 0.4) is 0 Å². The van der Waals surface area contributed by atoms with Crippen LogP contribution in [0.2, 0.25) is 0 Å². The summed E-state index contributed by atoms with van der Waals surface area (Å²) in [5, 5.41) is 5.13. The van der Waals surface area contributed by atoms with Crippen LogP contribution in [0.15, 0.2) is 34.9 Å². The topological polar surface area (TPSA) is 62.5 Å². The fraction of sp³-hybridized carbons (Fsp3) is 0.409. The molecular formula is C22H26N4O2. The van der Waals surface area contributed by atoms with Crippen molar-refractivity contribution in [1.29, 1.82) is 0 Å². The molecule has 3 heterocycles. The van der Waals surface area contributed by atoms with Gasteiger partial charge in [-0.05, 0) is 32.4 Å². The number of piperazine rings is 1. The number of benzene rings is 1. The molecule has 1 fully saturated rings. The van der Waals surface area contributed by atoms with E-state index in [1.54, 1.807) is 0 Å². The van der Waals surface area contributed by atoms with Crippen molar-refractivity contribution < 1.29 is 9.32 Å². The van der Waals surface area contributed by atoms with Crippen LogP contribution in [0, 0.1) is 13.8 Å². The number of aryl methyl sites for hydroxylation is 3. The van der Waals surface area contributed by atoms with Crippen molar-refractivity contribution in [3.63, 3.8) is 0 Å². The van der Waals surface area contributed by atoms with Crippen molar-refractivity contribution in [3.8, 4) is 0 Å². The van der Waals surface area contributed by atoms with E-state index in [-0.39, 0.29) is 5.91 Å². The van der Waals surface area contributed by atoms with Crippen LogP contribution in [0.25, 0.3) is 10.9 Å². The highest BCUT2D eigenvalue weighted by atomic mass is 16.5. The van der Waals surface area contributed by atoms with Crippen LogP contribution in [0.1, 0.15) is 29.6 Å². The number of carbonyl (C=O) groups excluding carboxylic acids is 1. The predicted octanol–water partition coefficient (Wildman–Crippen LogP) is 3.29. The molecule has 0 atom stereocenters. The van der Waals surface area contributed by atoms with E-state index in [0.29, 0.717) is 6.42 Å². The fourth-order valence-electron chi connectivity index (χ4n) is 3.87. The summed E-state index contributed by atoms with van der Waals surface area (Å²) >= 11 is 0. The summed E-state index contributed by atoms with van der Waals surface area (Å²) in [6.07, 6.45) is 1.27. The molecule has 0 saturated carbocycles.